The van der Waals surface area contributed by atoms with Crippen LogP contribution in [-0.2, 0) is 16.0 Å². The maximum atomic E-state index is 13.0. The number of alkyl halides is 3. The van der Waals surface area contributed by atoms with E-state index in [2.05, 4.69) is 0 Å². The Morgan fingerprint density at radius 3 is 1.95 bits per heavy atom. The largest absolute Gasteiger partial charge is 0.417 e. The van der Waals surface area contributed by atoms with Crippen LogP contribution in [-0.4, -0.2) is 13.3 Å². The molecule has 0 radical (unpaired) electrons. The van der Waals surface area contributed by atoms with Gasteiger partial charge in [0.25, 0.3) is 5.69 Å². The number of hydrogen-bond acceptors (Lipinski definition) is 4. The average molecular weight is 331 g/mol. The zero-order chi connectivity index (χ0) is 16.5. The van der Waals surface area contributed by atoms with E-state index < -0.39 is 42.0 Å². The highest BCUT2D eigenvalue weighted by Gasteiger charge is 2.39. The van der Waals surface area contributed by atoms with E-state index >= 15 is 0 Å². The standard InChI is InChI=1S/C13H8F3NO4S/c14-13(15,16)9-5-1-3-7-11(9)22(20,21)12-8-4-2-6-10(12)17(18)19/h1-8H. The summed E-state index contributed by atoms with van der Waals surface area (Å²) >= 11 is 0. The second-order valence-corrected chi connectivity index (χ2v) is 6.11. The van der Waals surface area contributed by atoms with E-state index in [0.29, 0.717) is 6.07 Å². The number of para-hydroxylation sites is 1. The fourth-order valence-electron chi connectivity index (χ4n) is 1.89. The van der Waals surface area contributed by atoms with Crippen LogP contribution in [0.5, 0.6) is 0 Å². The van der Waals surface area contributed by atoms with Crippen molar-refractivity contribution >= 4 is 15.5 Å². The minimum Gasteiger partial charge on any atom is -0.258 e. The molecule has 0 heterocycles. The van der Waals surface area contributed by atoms with Gasteiger partial charge in [-0.3, -0.25) is 10.1 Å². The van der Waals surface area contributed by atoms with Crippen molar-refractivity contribution in [3.05, 3.63) is 64.2 Å². The first-order chi connectivity index (χ1) is 10.2. The number of rotatable bonds is 3. The third-order valence-corrected chi connectivity index (χ3v) is 4.69. The molecule has 0 aliphatic rings. The summed E-state index contributed by atoms with van der Waals surface area (Å²) in [5, 5.41) is 10.9. The van der Waals surface area contributed by atoms with Crippen molar-refractivity contribution in [3.63, 3.8) is 0 Å². The van der Waals surface area contributed by atoms with E-state index in [0.717, 1.165) is 30.3 Å². The maximum Gasteiger partial charge on any atom is 0.417 e. The van der Waals surface area contributed by atoms with Gasteiger partial charge in [0, 0.05) is 6.07 Å². The number of nitro benzene ring substituents is 1. The third-order valence-electron chi connectivity index (χ3n) is 2.83. The lowest BCUT2D eigenvalue weighted by molar-refractivity contribution is -0.387. The number of hydrogen-bond donors (Lipinski definition) is 0. The number of nitrogens with zero attached hydrogens (tertiary/aromatic N) is 1. The van der Waals surface area contributed by atoms with Crippen molar-refractivity contribution < 1.29 is 26.5 Å². The van der Waals surface area contributed by atoms with E-state index in [9.17, 15) is 31.7 Å². The summed E-state index contributed by atoms with van der Waals surface area (Å²) in [4.78, 5) is 8.15. The first-order valence-electron chi connectivity index (χ1n) is 5.80. The van der Waals surface area contributed by atoms with Crippen LogP contribution in [0.15, 0.2) is 58.3 Å². The highest BCUT2D eigenvalue weighted by Crippen LogP contribution is 2.38. The van der Waals surface area contributed by atoms with Crippen LogP contribution in [0.1, 0.15) is 5.56 Å². The van der Waals surface area contributed by atoms with Gasteiger partial charge in [0.15, 0.2) is 0 Å². The van der Waals surface area contributed by atoms with E-state index in [1.54, 1.807) is 0 Å². The van der Waals surface area contributed by atoms with Crippen LogP contribution < -0.4 is 0 Å². The molecule has 116 valence electrons. The molecule has 0 fully saturated rings. The Balaban J connectivity index is 2.76. The molecule has 0 atom stereocenters. The van der Waals surface area contributed by atoms with E-state index in [4.69, 9.17) is 0 Å². The lowest BCUT2D eigenvalue weighted by atomic mass is 10.2. The molecule has 0 N–H and O–H groups in total. The van der Waals surface area contributed by atoms with Gasteiger partial charge in [-0.1, -0.05) is 24.3 Å². The molecule has 0 aliphatic heterocycles. The predicted molar refractivity (Wildman–Crippen MR) is 70.0 cm³/mol. The Morgan fingerprint density at radius 2 is 1.41 bits per heavy atom. The molecule has 2 aromatic carbocycles. The number of nitro groups is 1. The Labute approximate surface area is 123 Å². The van der Waals surface area contributed by atoms with Gasteiger partial charge in [-0.2, -0.15) is 13.2 Å². The monoisotopic (exact) mass is 331 g/mol. The quantitative estimate of drug-likeness (QED) is 0.637. The molecule has 0 bridgehead atoms. The second kappa shape index (κ2) is 5.41. The molecule has 0 saturated heterocycles. The normalized spacial score (nSPS) is 12.1. The van der Waals surface area contributed by atoms with Gasteiger partial charge in [-0.05, 0) is 18.2 Å². The van der Waals surface area contributed by atoms with E-state index in [1.807, 2.05) is 0 Å². The topological polar surface area (TPSA) is 77.3 Å². The Kier molecular flexibility index (Phi) is 3.92. The summed E-state index contributed by atoms with van der Waals surface area (Å²) in [5.74, 6) is 0. The maximum absolute atomic E-state index is 13.0. The number of halogens is 3. The zero-order valence-corrected chi connectivity index (χ0v) is 11.6. The lowest BCUT2D eigenvalue weighted by Crippen LogP contribution is -2.14. The van der Waals surface area contributed by atoms with Crippen molar-refractivity contribution in [2.24, 2.45) is 0 Å². The molecule has 2 aromatic rings. The lowest BCUT2D eigenvalue weighted by Gasteiger charge is -2.13. The van der Waals surface area contributed by atoms with Gasteiger partial charge in [-0.25, -0.2) is 8.42 Å². The summed E-state index contributed by atoms with van der Waals surface area (Å²) in [7, 11) is -4.69. The Bertz CT molecular complexity index is 831. The Hall–Kier alpha value is -2.42. The van der Waals surface area contributed by atoms with E-state index in [-0.39, 0.29) is 0 Å². The third kappa shape index (κ3) is 2.80. The minimum absolute atomic E-state index is 0.613. The highest BCUT2D eigenvalue weighted by molar-refractivity contribution is 7.91. The van der Waals surface area contributed by atoms with Gasteiger partial charge in [0.1, 0.15) is 4.90 Å². The van der Waals surface area contributed by atoms with Gasteiger partial charge in [0.2, 0.25) is 9.84 Å². The van der Waals surface area contributed by atoms with Crippen molar-refractivity contribution in [2.45, 2.75) is 16.0 Å². The van der Waals surface area contributed by atoms with Gasteiger partial charge in [-0.15, -0.1) is 0 Å². The second-order valence-electron chi connectivity index (χ2n) is 4.22. The van der Waals surface area contributed by atoms with Crippen molar-refractivity contribution in [3.8, 4) is 0 Å². The molecule has 5 nitrogen and oxygen atoms in total. The van der Waals surface area contributed by atoms with Crippen LogP contribution in [0.3, 0.4) is 0 Å². The van der Waals surface area contributed by atoms with Crippen LogP contribution in [0.4, 0.5) is 18.9 Å². The van der Waals surface area contributed by atoms with Crippen molar-refractivity contribution in [1.29, 1.82) is 0 Å². The molecule has 22 heavy (non-hydrogen) atoms. The Morgan fingerprint density at radius 1 is 0.909 bits per heavy atom. The fourth-order valence-corrected chi connectivity index (χ4v) is 3.53. The molecular formula is C13H8F3NO4S. The van der Waals surface area contributed by atoms with Crippen LogP contribution in [0, 0.1) is 10.1 Å². The summed E-state index contributed by atoms with van der Waals surface area (Å²) < 4.78 is 63.7. The summed E-state index contributed by atoms with van der Waals surface area (Å²) in [6.45, 7) is 0. The van der Waals surface area contributed by atoms with Crippen LogP contribution in [0.25, 0.3) is 0 Å². The molecule has 9 heteroatoms. The fraction of sp³-hybridized carbons (Fsp3) is 0.0769. The van der Waals surface area contributed by atoms with Crippen LogP contribution in [0.2, 0.25) is 0 Å². The van der Waals surface area contributed by atoms with Crippen molar-refractivity contribution in [2.75, 3.05) is 0 Å². The number of benzene rings is 2. The van der Waals surface area contributed by atoms with Crippen LogP contribution >= 0.6 is 0 Å². The molecule has 0 aromatic heterocycles. The summed E-state index contributed by atoms with van der Waals surface area (Å²) in [6.07, 6.45) is -4.90. The summed E-state index contributed by atoms with van der Waals surface area (Å²) in [6, 6.07) is 7.81. The zero-order valence-electron chi connectivity index (χ0n) is 10.7. The molecule has 0 amide bonds. The molecular weight excluding hydrogens is 323 g/mol. The van der Waals surface area contributed by atoms with Gasteiger partial charge in [0.05, 0.1) is 15.4 Å². The smallest absolute Gasteiger partial charge is 0.258 e. The van der Waals surface area contributed by atoms with Crippen molar-refractivity contribution in [1.82, 2.24) is 0 Å². The highest BCUT2D eigenvalue weighted by atomic mass is 32.2. The molecule has 0 saturated carbocycles. The average Bonchev–Trinajstić information content (AvgIpc) is 2.46. The first-order valence-corrected chi connectivity index (χ1v) is 7.29. The predicted octanol–water partition coefficient (Wildman–Crippen LogP) is 3.45. The minimum atomic E-state index is -4.90. The number of sulfone groups is 1. The van der Waals surface area contributed by atoms with Gasteiger partial charge >= 0.3 is 6.18 Å². The molecule has 0 aliphatic carbocycles. The SMILES string of the molecule is O=[N+]([O-])c1ccccc1S(=O)(=O)c1ccccc1C(F)(F)F. The molecule has 2 rings (SSSR count). The summed E-state index contributed by atoms with van der Waals surface area (Å²) in [5.41, 5.74) is -2.15. The molecule has 0 spiro atoms. The molecule has 0 unspecified atom stereocenters. The van der Waals surface area contributed by atoms with Gasteiger partial charge < -0.3 is 0 Å². The van der Waals surface area contributed by atoms with E-state index in [1.165, 1.54) is 12.1 Å². The first kappa shape index (κ1) is 16.0.